The number of carbonyl (C=O) groups is 2. The van der Waals surface area contributed by atoms with Crippen molar-refractivity contribution >= 4 is 17.5 Å². The van der Waals surface area contributed by atoms with Gasteiger partial charge >= 0.3 is 6.18 Å². The first-order valence-electron chi connectivity index (χ1n) is 9.95. The summed E-state index contributed by atoms with van der Waals surface area (Å²) in [4.78, 5) is 30.6. The summed E-state index contributed by atoms with van der Waals surface area (Å²) in [6, 6.07) is 8.89. The van der Waals surface area contributed by atoms with Crippen molar-refractivity contribution in [2.45, 2.75) is 20.0 Å². The first kappa shape index (κ1) is 23.8. The number of hydrogen-bond donors (Lipinski definition) is 1. The van der Waals surface area contributed by atoms with Gasteiger partial charge in [0.15, 0.2) is 5.82 Å². The number of nitrogens with one attached hydrogen (secondary N) is 1. The molecule has 0 unspecified atom stereocenters. The SMILES string of the molecule is CCN(CC(=O)Nc1cccc(OC)c1)C(=O)c1cnn(-c2ccc(C(F)(F)F)cn2)c1C. The Morgan fingerprint density at radius 2 is 1.94 bits per heavy atom. The number of nitrogens with zero attached hydrogens (tertiary/aromatic N) is 4. The van der Waals surface area contributed by atoms with E-state index in [-0.39, 0.29) is 24.5 Å². The van der Waals surface area contributed by atoms with E-state index >= 15 is 0 Å². The Bertz CT molecular complexity index is 1140. The maximum Gasteiger partial charge on any atom is 0.417 e. The van der Waals surface area contributed by atoms with Gasteiger partial charge in [0.1, 0.15) is 12.3 Å². The molecule has 1 aromatic carbocycles. The van der Waals surface area contributed by atoms with Gasteiger partial charge in [0.2, 0.25) is 5.91 Å². The van der Waals surface area contributed by atoms with Gasteiger partial charge < -0.3 is 15.0 Å². The van der Waals surface area contributed by atoms with E-state index in [0.717, 1.165) is 6.07 Å². The van der Waals surface area contributed by atoms with E-state index in [4.69, 9.17) is 4.74 Å². The Morgan fingerprint density at radius 3 is 2.55 bits per heavy atom. The summed E-state index contributed by atoms with van der Waals surface area (Å²) < 4.78 is 44.7. The lowest BCUT2D eigenvalue weighted by molar-refractivity contribution is -0.137. The van der Waals surface area contributed by atoms with Gasteiger partial charge in [-0.2, -0.15) is 18.3 Å². The van der Waals surface area contributed by atoms with Crippen molar-refractivity contribution in [1.29, 1.82) is 0 Å². The zero-order valence-corrected chi connectivity index (χ0v) is 18.2. The number of rotatable bonds is 7. The summed E-state index contributed by atoms with van der Waals surface area (Å²) in [7, 11) is 1.51. The van der Waals surface area contributed by atoms with Crippen molar-refractivity contribution in [3.05, 3.63) is 65.6 Å². The second-order valence-corrected chi connectivity index (χ2v) is 7.06. The predicted molar refractivity (Wildman–Crippen MR) is 114 cm³/mol. The summed E-state index contributed by atoms with van der Waals surface area (Å²) in [6.07, 6.45) is -2.49. The van der Waals surface area contributed by atoms with Crippen molar-refractivity contribution in [2.75, 3.05) is 25.5 Å². The smallest absolute Gasteiger partial charge is 0.417 e. The average molecular weight is 461 g/mol. The van der Waals surface area contributed by atoms with Crippen LogP contribution in [0, 0.1) is 6.92 Å². The lowest BCUT2D eigenvalue weighted by Crippen LogP contribution is -2.38. The number of pyridine rings is 1. The van der Waals surface area contributed by atoms with E-state index in [1.807, 2.05) is 0 Å². The van der Waals surface area contributed by atoms with E-state index < -0.39 is 23.6 Å². The highest BCUT2D eigenvalue weighted by atomic mass is 19.4. The summed E-state index contributed by atoms with van der Waals surface area (Å²) in [5, 5.41) is 6.81. The number of ether oxygens (including phenoxy) is 1. The van der Waals surface area contributed by atoms with Crippen LogP contribution in [0.15, 0.2) is 48.8 Å². The normalized spacial score (nSPS) is 11.2. The van der Waals surface area contributed by atoms with E-state index in [0.29, 0.717) is 23.3 Å². The molecule has 11 heteroatoms. The number of carbonyl (C=O) groups excluding carboxylic acids is 2. The highest BCUT2D eigenvalue weighted by molar-refractivity contribution is 6.00. The molecule has 0 aliphatic carbocycles. The second-order valence-electron chi connectivity index (χ2n) is 7.06. The number of methoxy groups -OCH3 is 1. The minimum Gasteiger partial charge on any atom is -0.497 e. The van der Waals surface area contributed by atoms with Crippen LogP contribution in [0.1, 0.15) is 28.5 Å². The fourth-order valence-corrected chi connectivity index (χ4v) is 3.10. The average Bonchev–Trinajstić information content (AvgIpc) is 3.17. The molecule has 33 heavy (non-hydrogen) atoms. The molecular formula is C22H22F3N5O3. The third-order valence-electron chi connectivity index (χ3n) is 4.89. The molecule has 0 bridgehead atoms. The fraction of sp³-hybridized carbons (Fsp3) is 0.273. The van der Waals surface area contributed by atoms with Gasteiger partial charge in [0.25, 0.3) is 5.91 Å². The van der Waals surface area contributed by atoms with Crippen LogP contribution < -0.4 is 10.1 Å². The van der Waals surface area contributed by atoms with Gasteiger partial charge in [0.05, 0.1) is 30.1 Å². The second kappa shape index (κ2) is 9.72. The predicted octanol–water partition coefficient (Wildman–Crippen LogP) is 3.70. The first-order valence-corrected chi connectivity index (χ1v) is 9.95. The Labute approximate surface area is 188 Å². The van der Waals surface area contributed by atoms with Crippen LogP contribution in [-0.4, -0.2) is 51.7 Å². The standard InChI is InChI=1S/C22H22F3N5O3/c1-4-29(13-20(31)28-16-6-5-7-17(10-16)33-3)21(32)18-12-27-30(14(18)2)19-9-8-15(11-26-19)22(23,24)25/h5-12H,4,13H2,1-3H3,(H,28,31). The topological polar surface area (TPSA) is 89.4 Å². The van der Waals surface area contributed by atoms with Crippen LogP contribution >= 0.6 is 0 Å². The van der Waals surface area contributed by atoms with Crippen LogP contribution in [0.3, 0.4) is 0 Å². The minimum absolute atomic E-state index is 0.137. The van der Waals surface area contributed by atoms with E-state index in [1.165, 1.54) is 29.0 Å². The number of hydrogen-bond acceptors (Lipinski definition) is 5. The van der Waals surface area contributed by atoms with Gasteiger partial charge in [-0.25, -0.2) is 9.67 Å². The van der Waals surface area contributed by atoms with E-state index in [9.17, 15) is 22.8 Å². The van der Waals surface area contributed by atoms with Crippen molar-refractivity contribution in [2.24, 2.45) is 0 Å². The molecule has 0 saturated heterocycles. The van der Waals surface area contributed by atoms with E-state index in [1.54, 1.807) is 38.1 Å². The number of halogens is 3. The maximum absolute atomic E-state index is 13.0. The van der Waals surface area contributed by atoms with E-state index in [2.05, 4.69) is 15.4 Å². The van der Waals surface area contributed by atoms with Gasteiger partial charge in [-0.15, -0.1) is 0 Å². The third kappa shape index (κ3) is 5.48. The zero-order valence-electron chi connectivity index (χ0n) is 18.2. The molecule has 0 atom stereocenters. The summed E-state index contributed by atoms with van der Waals surface area (Å²) in [5.74, 6) is -0.114. The number of aromatic nitrogens is 3. The number of benzene rings is 1. The molecular weight excluding hydrogens is 439 g/mol. The zero-order chi connectivity index (χ0) is 24.2. The summed E-state index contributed by atoms with van der Waals surface area (Å²) >= 11 is 0. The van der Waals surface area contributed by atoms with Crippen LogP contribution in [0.4, 0.5) is 18.9 Å². The molecule has 1 N–H and O–H groups in total. The quantitative estimate of drug-likeness (QED) is 0.580. The van der Waals surface area contributed by atoms with Gasteiger partial charge in [-0.05, 0) is 38.1 Å². The Kier molecular flexibility index (Phi) is 7.00. The third-order valence-corrected chi connectivity index (χ3v) is 4.89. The molecule has 3 rings (SSSR count). The van der Waals surface area contributed by atoms with Crippen molar-refractivity contribution < 1.29 is 27.5 Å². The van der Waals surface area contributed by atoms with Crippen molar-refractivity contribution in [3.8, 4) is 11.6 Å². The number of anilines is 1. The molecule has 0 aliphatic heterocycles. The van der Waals surface area contributed by atoms with Crippen molar-refractivity contribution in [3.63, 3.8) is 0 Å². The minimum atomic E-state index is -4.50. The molecule has 2 heterocycles. The fourth-order valence-electron chi connectivity index (χ4n) is 3.10. The molecule has 2 aromatic heterocycles. The molecule has 0 spiro atoms. The Balaban J connectivity index is 1.74. The first-order chi connectivity index (χ1) is 15.6. The lowest BCUT2D eigenvalue weighted by atomic mass is 10.2. The molecule has 0 radical (unpaired) electrons. The molecule has 0 fully saturated rings. The molecule has 8 nitrogen and oxygen atoms in total. The highest BCUT2D eigenvalue weighted by Gasteiger charge is 2.31. The monoisotopic (exact) mass is 461 g/mol. The van der Waals surface area contributed by atoms with Crippen LogP contribution in [0.2, 0.25) is 0 Å². The molecule has 174 valence electrons. The maximum atomic E-state index is 13.0. The molecule has 3 aromatic rings. The van der Waals surface area contributed by atoms with Gasteiger partial charge in [-0.1, -0.05) is 6.07 Å². The van der Waals surface area contributed by atoms with Crippen LogP contribution in [-0.2, 0) is 11.0 Å². The highest BCUT2D eigenvalue weighted by Crippen LogP contribution is 2.29. The summed E-state index contributed by atoms with van der Waals surface area (Å²) in [5.41, 5.74) is 0.249. The Hall–Kier alpha value is -3.89. The van der Waals surface area contributed by atoms with Gasteiger partial charge in [0, 0.05) is 24.5 Å². The van der Waals surface area contributed by atoms with Crippen LogP contribution in [0.25, 0.3) is 5.82 Å². The summed E-state index contributed by atoms with van der Waals surface area (Å²) in [6.45, 7) is 3.39. The number of alkyl halides is 3. The van der Waals surface area contributed by atoms with Crippen LogP contribution in [0.5, 0.6) is 5.75 Å². The number of amides is 2. The molecule has 2 amide bonds. The Morgan fingerprint density at radius 1 is 1.18 bits per heavy atom. The largest absolute Gasteiger partial charge is 0.497 e. The lowest BCUT2D eigenvalue weighted by Gasteiger charge is -2.20. The number of likely N-dealkylation sites (N-methyl/N-ethyl adjacent to an activating group) is 1. The van der Waals surface area contributed by atoms with Crippen molar-refractivity contribution in [1.82, 2.24) is 19.7 Å². The van der Waals surface area contributed by atoms with Gasteiger partial charge in [-0.3, -0.25) is 9.59 Å². The molecule has 0 saturated carbocycles. The molecule has 0 aliphatic rings.